The zero-order valence-electron chi connectivity index (χ0n) is 16.0. The second kappa shape index (κ2) is 9.19. The molecule has 0 aliphatic heterocycles. The Hall–Kier alpha value is -3.12. The van der Waals surface area contributed by atoms with Gasteiger partial charge in [-0.25, -0.2) is 4.79 Å². The molecule has 0 saturated heterocycles. The van der Waals surface area contributed by atoms with E-state index >= 15 is 0 Å². The van der Waals surface area contributed by atoms with E-state index in [2.05, 4.69) is 5.32 Å². The van der Waals surface area contributed by atoms with Gasteiger partial charge in [0.25, 0.3) is 5.91 Å². The number of carbonyl (C=O) groups is 1. The first-order valence-corrected chi connectivity index (χ1v) is 9.07. The molecular formula is C22H23NO5. The number of ether oxygens (including phenoxy) is 2. The number of fused-ring (bicyclic) bond motifs is 1. The summed E-state index contributed by atoms with van der Waals surface area (Å²) in [7, 11) is 1.57. The number of amides is 1. The van der Waals surface area contributed by atoms with Crippen LogP contribution in [0.3, 0.4) is 0 Å². The number of nitrogens with one attached hydrogen (secondary N) is 1. The first kappa shape index (κ1) is 19.6. The Morgan fingerprint density at radius 3 is 2.68 bits per heavy atom. The van der Waals surface area contributed by atoms with Crippen LogP contribution in [0.2, 0.25) is 0 Å². The molecule has 0 saturated carbocycles. The third-order valence-corrected chi connectivity index (χ3v) is 4.48. The molecule has 0 bridgehead atoms. The van der Waals surface area contributed by atoms with E-state index in [0.29, 0.717) is 36.5 Å². The molecule has 6 nitrogen and oxygen atoms in total. The van der Waals surface area contributed by atoms with Gasteiger partial charge in [-0.3, -0.25) is 4.79 Å². The first-order chi connectivity index (χ1) is 13.6. The maximum Gasteiger partial charge on any atom is 0.340 e. The predicted molar refractivity (Wildman–Crippen MR) is 107 cm³/mol. The van der Waals surface area contributed by atoms with Crippen LogP contribution in [0, 0.1) is 6.92 Å². The molecule has 3 rings (SSSR count). The summed E-state index contributed by atoms with van der Waals surface area (Å²) < 4.78 is 15.9. The van der Waals surface area contributed by atoms with Crippen molar-refractivity contribution in [3.8, 4) is 5.75 Å². The summed E-state index contributed by atoms with van der Waals surface area (Å²) in [5.41, 5.74) is 2.67. The lowest BCUT2D eigenvalue weighted by Gasteiger charge is -2.10. The molecule has 0 aliphatic carbocycles. The third kappa shape index (κ3) is 4.78. The van der Waals surface area contributed by atoms with Gasteiger partial charge >= 0.3 is 5.63 Å². The second-order valence-corrected chi connectivity index (χ2v) is 6.44. The summed E-state index contributed by atoms with van der Waals surface area (Å²) in [4.78, 5) is 24.2. The molecule has 0 atom stereocenters. The number of benzene rings is 2. The van der Waals surface area contributed by atoms with Crippen LogP contribution in [-0.4, -0.2) is 32.8 Å². The van der Waals surface area contributed by atoms with Gasteiger partial charge in [0.2, 0.25) is 0 Å². The van der Waals surface area contributed by atoms with Crippen molar-refractivity contribution < 1.29 is 18.7 Å². The number of hydrogen-bond acceptors (Lipinski definition) is 5. The van der Waals surface area contributed by atoms with Crippen LogP contribution in [0.15, 0.2) is 57.7 Å². The molecular weight excluding hydrogens is 358 g/mol. The Labute approximate surface area is 163 Å². The van der Waals surface area contributed by atoms with Crippen LogP contribution in [-0.2, 0) is 16.0 Å². The molecule has 28 heavy (non-hydrogen) atoms. The lowest BCUT2D eigenvalue weighted by molar-refractivity contribution is -0.123. The van der Waals surface area contributed by atoms with Crippen LogP contribution in [0.25, 0.3) is 11.0 Å². The minimum atomic E-state index is -0.358. The summed E-state index contributed by atoms with van der Waals surface area (Å²) in [5.74, 6) is 0.223. The maximum absolute atomic E-state index is 12.5. The van der Waals surface area contributed by atoms with Crippen molar-refractivity contribution in [3.63, 3.8) is 0 Å². The number of hydrogen-bond donors (Lipinski definition) is 1. The Kier molecular flexibility index (Phi) is 6.45. The summed E-state index contributed by atoms with van der Waals surface area (Å²) in [6.45, 7) is 2.66. The predicted octanol–water partition coefficient (Wildman–Crippen LogP) is 2.83. The molecule has 2 aromatic carbocycles. The molecule has 0 spiro atoms. The molecule has 3 aromatic rings. The molecule has 6 heteroatoms. The number of rotatable bonds is 8. The fourth-order valence-electron chi connectivity index (χ4n) is 2.96. The number of carbonyl (C=O) groups excluding carboxylic acids is 1. The lowest BCUT2D eigenvalue weighted by atomic mass is 10.00. The van der Waals surface area contributed by atoms with Crippen molar-refractivity contribution in [3.05, 3.63) is 75.6 Å². The highest BCUT2D eigenvalue weighted by Gasteiger charge is 2.13. The van der Waals surface area contributed by atoms with E-state index in [1.165, 1.54) is 0 Å². The first-order valence-electron chi connectivity index (χ1n) is 9.07. The third-order valence-electron chi connectivity index (χ3n) is 4.48. The smallest absolute Gasteiger partial charge is 0.340 e. The summed E-state index contributed by atoms with van der Waals surface area (Å²) in [5, 5.41) is 3.53. The van der Waals surface area contributed by atoms with Crippen molar-refractivity contribution in [2.75, 3.05) is 26.9 Å². The fraction of sp³-hybridized carbons (Fsp3) is 0.273. The van der Waals surface area contributed by atoms with Crippen LogP contribution >= 0.6 is 0 Å². The van der Waals surface area contributed by atoms with Gasteiger partial charge in [0, 0.05) is 37.1 Å². The van der Waals surface area contributed by atoms with Crippen molar-refractivity contribution in [1.29, 1.82) is 0 Å². The lowest BCUT2D eigenvalue weighted by Crippen LogP contribution is -2.31. The van der Waals surface area contributed by atoms with E-state index in [1.807, 2.05) is 43.3 Å². The van der Waals surface area contributed by atoms with Gasteiger partial charge in [0.05, 0.1) is 6.61 Å². The molecule has 1 N–H and O–H groups in total. The van der Waals surface area contributed by atoms with E-state index in [4.69, 9.17) is 13.9 Å². The van der Waals surface area contributed by atoms with Crippen molar-refractivity contribution in [2.45, 2.75) is 13.3 Å². The van der Waals surface area contributed by atoms with Crippen LogP contribution in [0.5, 0.6) is 5.75 Å². The maximum atomic E-state index is 12.5. The molecule has 0 fully saturated rings. The highest BCUT2D eigenvalue weighted by Crippen LogP contribution is 2.25. The van der Waals surface area contributed by atoms with Gasteiger partial charge in [0.15, 0.2) is 6.61 Å². The quantitative estimate of drug-likeness (QED) is 0.480. The second-order valence-electron chi connectivity index (χ2n) is 6.44. The van der Waals surface area contributed by atoms with Crippen LogP contribution in [0.1, 0.15) is 16.7 Å². The van der Waals surface area contributed by atoms with Crippen molar-refractivity contribution in [2.24, 2.45) is 0 Å². The number of aryl methyl sites for hydroxylation is 1. The number of methoxy groups -OCH3 is 1. The van der Waals surface area contributed by atoms with E-state index < -0.39 is 0 Å². The Morgan fingerprint density at radius 1 is 1.14 bits per heavy atom. The van der Waals surface area contributed by atoms with Crippen LogP contribution in [0.4, 0.5) is 0 Å². The van der Waals surface area contributed by atoms with Gasteiger partial charge in [-0.15, -0.1) is 0 Å². The monoisotopic (exact) mass is 381 g/mol. The normalized spacial score (nSPS) is 10.8. The minimum Gasteiger partial charge on any atom is -0.484 e. The van der Waals surface area contributed by atoms with Gasteiger partial charge in [-0.1, -0.05) is 30.3 Å². The molecule has 0 unspecified atom stereocenters. The molecule has 1 heterocycles. The van der Waals surface area contributed by atoms with Crippen LogP contribution < -0.4 is 15.7 Å². The van der Waals surface area contributed by atoms with E-state index in [9.17, 15) is 9.59 Å². The van der Waals surface area contributed by atoms with Gasteiger partial charge in [0.1, 0.15) is 11.3 Å². The SMILES string of the molecule is COCCNC(=O)COc1ccc2c(C)c(Cc3ccccc3)c(=O)oc2c1. The standard InChI is InChI=1S/C22H23NO5/c1-15-18-9-8-17(27-14-21(24)23-10-11-26-2)13-20(18)28-22(25)19(15)12-16-6-4-3-5-7-16/h3-9,13H,10-12,14H2,1-2H3,(H,23,24). The fourth-order valence-corrected chi connectivity index (χ4v) is 2.96. The Bertz CT molecular complexity index is 1010. The van der Waals surface area contributed by atoms with Gasteiger partial charge in [-0.05, 0) is 30.2 Å². The average molecular weight is 381 g/mol. The van der Waals surface area contributed by atoms with Gasteiger partial charge in [-0.2, -0.15) is 0 Å². The van der Waals surface area contributed by atoms with E-state index in [-0.39, 0.29) is 18.1 Å². The van der Waals surface area contributed by atoms with E-state index in [1.54, 1.807) is 19.2 Å². The molecule has 0 radical (unpaired) electrons. The molecule has 146 valence electrons. The summed E-state index contributed by atoms with van der Waals surface area (Å²) >= 11 is 0. The average Bonchev–Trinajstić information content (AvgIpc) is 2.70. The van der Waals surface area contributed by atoms with Gasteiger partial charge < -0.3 is 19.2 Å². The van der Waals surface area contributed by atoms with E-state index in [0.717, 1.165) is 16.5 Å². The molecule has 0 aliphatic rings. The Morgan fingerprint density at radius 2 is 1.93 bits per heavy atom. The van der Waals surface area contributed by atoms with Crippen molar-refractivity contribution in [1.82, 2.24) is 5.32 Å². The Balaban J connectivity index is 1.77. The highest BCUT2D eigenvalue weighted by molar-refractivity contribution is 5.82. The summed E-state index contributed by atoms with van der Waals surface area (Å²) in [6.07, 6.45) is 0.519. The van der Waals surface area contributed by atoms with Crippen molar-refractivity contribution >= 4 is 16.9 Å². The zero-order chi connectivity index (χ0) is 19.9. The highest BCUT2D eigenvalue weighted by atomic mass is 16.5. The largest absolute Gasteiger partial charge is 0.484 e. The molecule has 1 aromatic heterocycles. The zero-order valence-corrected chi connectivity index (χ0v) is 16.0. The minimum absolute atomic E-state index is 0.121. The summed E-state index contributed by atoms with van der Waals surface area (Å²) in [6, 6.07) is 15.1. The topological polar surface area (TPSA) is 77.8 Å². The molecule has 1 amide bonds.